The van der Waals surface area contributed by atoms with E-state index in [-0.39, 0.29) is 29.9 Å². The molecule has 0 unspecified atom stereocenters. The van der Waals surface area contributed by atoms with Gasteiger partial charge in [0.1, 0.15) is 6.61 Å². The first kappa shape index (κ1) is 21.2. The number of thioether (sulfide) groups is 1. The van der Waals surface area contributed by atoms with Crippen molar-refractivity contribution >= 4 is 35.0 Å². The van der Waals surface area contributed by atoms with E-state index in [0.717, 1.165) is 16.7 Å². The van der Waals surface area contributed by atoms with Gasteiger partial charge in [0.15, 0.2) is 11.5 Å². The molecule has 0 radical (unpaired) electrons. The van der Waals surface area contributed by atoms with Gasteiger partial charge >= 0.3 is 5.97 Å². The van der Waals surface area contributed by atoms with Gasteiger partial charge in [-0.3, -0.25) is 14.5 Å². The third-order valence-electron chi connectivity index (χ3n) is 4.24. The Kier molecular flexibility index (Phi) is 6.58. The first-order valence-electron chi connectivity index (χ1n) is 8.92. The molecule has 154 valence electrons. The van der Waals surface area contributed by atoms with Crippen molar-refractivity contribution in [2.24, 2.45) is 0 Å². The van der Waals surface area contributed by atoms with E-state index in [1.165, 1.54) is 19.3 Å². The van der Waals surface area contributed by atoms with Crippen molar-refractivity contribution in [3.05, 3.63) is 76.7 Å². The summed E-state index contributed by atoms with van der Waals surface area (Å²) in [5, 5.41) is 8.75. The SMILES string of the molecule is C=CCN1C(=O)SC(=Cc2ccc(OCc3cccc(C(=O)O)c3)c(OC)c2)C1=O. The number of carboxylic acids is 1. The van der Waals surface area contributed by atoms with Crippen LogP contribution in [0.3, 0.4) is 0 Å². The maximum atomic E-state index is 12.3. The van der Waals surface area contributed by atoms with Gasteiger partial charge in [-0.25, -0.2) is 4.79 Å². The summed E-state index contributed by atoms with van der Waals surface area (Å²) < 4.78 is 11.2. The Hall–Kier alpha value is -3.52. The van der Waals surface area contributed by atoms with Gasteiger partial charge in [-0.2, -0.15) is 0 Å². The second-order valence-corrected chi connectivity index (χ2v) is 7.28. The maximum absolute atomic E-state index is 12.3. The lowest BCUT2D eigenvalue weighted by atomic mass is 10.1. The van der Waals surface area contributed by atoms with Crippen LogP contribution in [0.1, 0.15) is 21.5 Å². The Bertz CT molecular complexity index is 1050. The standard InChI is InChI=1S/C22H19NO6S/c1-3-9-23-20(24)19(30-22(23)27)12-14-7-8-17(18(11-14)28-2)29-13-15-5-4-6-16(10-15)21(25)26/h3-8,10-12H,1,9,13H2,2H3,(H,25,26). The van der Waals surface area contributed by atoms with Gasteiger partial charge in [0.25, 0.3) is 11.1 Å². The predicted molar refractivity (Wildman–Crippen MR) is 114 cm³/mol. The highest BCUT2D eigenvalue weighted by Gasteiger charge is 2.34. The van der Waals surface area contributed by atoms with Gasteiger partial charge in [0.05, 0.1) is 17.6 Å². The number of methoxy groups -OCH3 is 1. The zero-order valence-electron chi connectivity index (χ0n) is 16.2. The molecule has 0 aromatic heterocycles. The molecule has 2 aromatic rings. The minimum absolute atomic E-state index is 0.164. The van der Waals surface area contributed by atoms with E-state index < -0.39 is 5.97 Å². The van der Waals surface area contributed by atoms with Crippen molar-refractivity contribution in [2.45, 2.75) is 6.61 Å². The summed E-state index contributed by atoms with van der Waals surface area (Å²) in [7, 11) is 1.50. The number of imide groups is 1. The third kappa shape index (κ3) is 4.72. The molecule has 30 heavy (non-hydrogen) atoms. The number of aromatic carboxylic acids is 1. The molecular formula is C22H19NO6S. The number of hydrogen-bond donors (Lipinski definition) is 1. The maximum Gasteiger partial charge on any atom is 0.335 e. The number of rotatable bonds is 8. The van der Waals surface area contributed by atoms with Crippen molar-refractivity contribution in [2.75, 3.05) is 13.7 Å². The van der Waals surface area contributed by atoms with Crippen LogP contribution < -0.4 is 9.47 Å². The monoisotopic (exact) mass is 425 g/mol. The summed E-state index contributed by atoms with van der Waals surface area (Å²) in [6.07, 6.45) is 3.12. The lowest BCUT2D eigenvalue weighted by Crippen LogP contribution is -2.27. The van der Waals surface area contributed by atoms with Crippen molar-refractivity contribution in [3.8, 4) is 11.5 Å². The van der Waals surface area contributed by atoms with E-state index >= 15 is 0 Å². The molecule has 8 heteroatoms. The molecule has 1 saturated heterocycles. The van der Waals surface area contributed by atoms with E-state index in [0.29, 0.717) is 27.5 Å². The Labute approximate surface area is 177 Å². The second-order valence-electron chi connectivity index (χ2n) is 6.29. The number of nitrogens with zero attached hydrogens (tertiary/aromatic N) is 1. The third-order valence-corrected chi connectivity index (χ3v) is 5.15. The van der Waals surface area contributed by atoms with Crippen LogP contribution in [0.4, 0.5) is 4.79 Å². The van der Waals surface area contributed by atoms with Crippen LogP contribution in [-0.4, -0.2) is 40.8 Å². The van der Waals surface area contributed by atoms with Crippen molar-refractivity contribution in [1.82, 2.24) is 4.90 Å². The molecule has 1 N–H and O–H groups in total. The summed E-state index contributed by atoms with van der Waals surface area (Å²) in [6, 6.07) is 11.6. The molecule has 2 amide bonds. The number of carbonyl (C=O) groups excluding carboxylic acids is 2. The second kappa shape index (κ2) is 9.32. The first-order valence-corrected chi connectivity index (χ1v) is 9.74. The zero-order chi connectivity index (χ0) is 21.7. The molecule has 0 atom stereocenters. The summed E-state index contributed by atoms with van der Waals surface area (Å²) in [4.78, 5) is 36.8. The number of ether oxygens (including phenoxy) is 2. The van der Waals surface area contributed by atoms with Crippen molar-refractivity contribution < 1.29 is 29.0 Å². The van der Waals surface area contributed by atoms with Crippen LogP contribution in [0.2, 0.25) is 0 Å². The highest BCUT2D eigenvalue weighted by molar-refractivity contribution is 8.18. The molecule has 0 aliphatic carbocycles. The predicted octanol–water partition coefficient (Wildman–Crippen LogP) is 4.19. The van der Waals surface area contributed by atoms with Crippen LogP contribution in [-0.2, 0) is 11.4 Å². The first-order chi connectivity index (χ1) is 14.4. The van der Waals surface area contributed by atoms with Crippen LogP contribution in [0, 0.1) is 0 Å². The Balaban J connectivity index is 1.76. The van der Waals surface area contributed by atoms with Crippen LogP contribution >= 0.6 is 11.8 Å². The molecule has 1 heterocycles. The molecule has 3 rings (SSSR count). The van der Waals surface area contributed by atoms with E-state index in [9.17, 15) is 14.4 Å². The van der Waals surface area contributed by atoms with Gasteiger partial charge in [-0.15, -0.1) is 6.58 Å². The van der Waals surface area contributed by atoms with E-state index in [4.69, 9.17) is 14.6 Å². The number of benzene rings is 2. The van der Waals surface area contributed by atoms with Gasteiger partial charge < -0.3 is 14.6 Å². The molecule has 2 aromatic carbocycles. The fourth-order valence-electron chi connectivity index (χ4n) is 2.79. The fourth-order valence-corrected chi connectivity index (χ4v) is 3.63. The smallest absolute Gasteiger partial charge is 0.335 e. The van der Waals surface area contributed by atoms with Gasteiger partial charge in [0.2, 0.25) is 0 Å². The molecule has 0 bridgehead atoms. The minimum Gasteiger partial charge on any atom is -0.493 e. The highest BCUT2D eigenvalue weighted by Crippen LogP contribution is 2.34. The zero-order valence-corrected chi connectivity index (χ0v) is 17.0. The normalized spacial score (nSPS) is 14.8. The fraction of sp³-hybridized carbons (Fsp3) is 0.136. The van der Waals surface area contributed by atoms with Gasteiger partial charge in [-0.05, 0) is 53.2 Å². The lowest BCUT2D eigenvalue weighted by molar-refractivity contribution is -0.122. The lowest BCUT2D eigenvalue weighted by Gasteiger charge is -2.12. The molecule has 1 aliphatic rings. The molecule has 1 fully saturated rings. The Morgan fingerprint density at radius 1 is 1.20 bits per heavy atom. The van der Waals surface area contributed by atoms with Crippen LogP contribution in [0.15, 0.2) is 60.0 Å². The number of amides is 2. The van der Waals surface area contributed by atoms with E-state index in [2.05, 4.69) is 6.58 Å². The van der Waals surface area contributed by atoms with Crippen LogP contribution in [0.5, 0.6) is 11.5 Å². The molecular weight excluding hydrogens is 406 g/mol. The Morgan fingerprint density at radius 2 is 2.00 bits per heavy atom. The number of hydrogen-bond acceptors (Lipinski definition) is 6. The summed E-state index contributed by atoms with van der Waals surface area (Å²) in [5.41, 5.74) is 1.57. The van der Waals surface area contributed by atoms with Crippen molar-refractivity contribution in [1.29, 1.82) is 0 Å². The Morgan fingerprint density at radius 3 is 2.70 bits per heavy atom. The summed E-state index contributed by atoms with van der Waals surface area (Å²) >= 11 is 0.876. The quantitative estimate of drug-likeness (QED) is 0.501. The molecule has 1 aliphatic heterocycles. The van der Waals surface area contributed by atoms with E-state index in [1.807, 2.05) is 0 Å². The minimum atomic E-state index is -1.00. The average Bonchev–Trinajstić information content (AvgIpc) is 3.00. The highest BCUT2D eigenvalue weighted by atomic mass is 32.2. The van der Waals surface area contributed by atoms with Crippen molar-refractivity contribution in [3.63, 3.8) is 0 Å². The van der Waals surface area contributed by atoms with Gasteiger partial charge in [0, 0.05) is 6.54 Å². The van der Waals surface area contributed by atoms with Crippen LogP contribution in [0.25, 0.3) is 6.08 Å². The molecule has 7 nitrogen and oxygen atoms in total. The summed E-state index contributed by atoms with van der Waals surface area (Å²) in [6.45, 7) is 3.88. The largest absolute Gasteiger partial charge is 0.493 e. The van der Waals surface area contributed by atoms with Gasteiger partial charge in [-0.1, -0.05) is 24.3 Å². The summed E-state index contributed by atoms with van der Waals surface area (Å²) in [5.74, 6) is -0.447. The number of carboxylic acid groups (broad SMARTS) is 1. The van der Waals surface area contributed by atoms with E-state index in [1.54, 1.807) is 42.5 Å². The molecule has 0 spiro atoms. The molecule has 0 saturated carbocycles. The average molecular weight is 425 g/mol. The topological polar surface area (TPSA) is 93.1 Å². The number of carbonyl (C=O) groups is 3.